The van der Waals surface area contributed by atoms with Crippen molar-refractivity contribution >= 4 is 5.65 Å². The number of hydrogen-bond acceptors (Lipinski definition) is 5. The van der Waals surface area contributed by atoms with Crippen molar-refractivity contribution in [1.82, 2.24) is 29.3 Å². The van der Waals surface area contributed by atoms with E-state index < -0.39 is 0 Å². The molecule has 2 atom stereocenters. The van der Waals surface area contributed by atoms with Crippen LogP contribution in [0, 0.1) is 0 Å². The van der Waals surface area contributed by atoms with Crippen molar-refractivity contribution in [2.45, 2.75) is 37.9 Å². The van der Waals surface area contributed by atoms with Gasteiger partial charge in [0.2, 0.25) is 0 Å². The SMILES string of the molecule is COc1ccc(-c2cc3ncc4c(n3n2)CC2CCC4N2Cc2ccnn2C)cc1. The van der Waals surface area contributed by atoms with Gasteiger partial charge in [-0.2, -0.15) is 10.2 Å². The van der Waals surface area contributed by atoms with Crippen LogP contribution >= 0.6 is 0 Å². The van der Waals surface area contributed by atoms with E-state index in [1.807, 2.05) is 42.2 Å². The average molecular weight is 400 g/mol. The molecule has 4 aromatic rings. The zero-order valence-electron chi connectivity index (χ0n) is 17.2. The van der Waals surface area contributed by atoms with Crippen LogP contribution in [-0.2, 0) is 20.0 Å². The minimum Gasteiger partial charge on any atom is -0.497 e. The summed E-state index contributed by atoms with van der Waals surface area (Å²) >= 11 is 0. The number of nitrogens with zero attached hydrogens (tertiary/aromatic N) is 6. The second kappa shape index (κ2) is 6.67. The Morgan fingerprint density at radius 3 is 2.77 bits per heavy atom. The van der Waals surface area contributed by atoms with Gasteiger partial charge in [0, 0.05) is 61.7 Å². The topological polar surface area (TPSA) is 60.5 Å². The van der Waals surface area contributed by atoms with Crippen molar-refractivity contribution < 1.29 is 4.74 Å². The van der Waals surface area contributed by atoms with Gasteiger partial charge in [-0.3, -0.25) is 9.58 Å². The van der Waals surface area contributed by atoms with E-state index in [9.17, 15) is 0 Å². The summed E-state index contributed by atoms with van der Waals surface area (Å²) in [6.45, 7) is 0.930. The molecule has 6 rings (SSSR count). The van der Waals surface area contributed by atoms with Crippen LogP contribution in [-0.4, -0.2) is 42.4 Å². The molecule has 0 saturated carbocycles. The normalized spacial score (nSPS) is 20.6. The quantitative estimate of drug-likeness (QED) is 0.525. The first-order valence-electron chi connectivity index (χ1n) is 10.5. The monoisotopic (exact) mass is 400 g/mol. The molecule has 1 saturated heterocycles. The molecule has 0 radical (unpaired) electrons. The molecule has 2 aliphatic heterocycles. The highest BCUT2D eigenvalue weighted by atomic mass is 16.5. The fourth-order valence-corrected chi connectivity index (χ4v) is 5.08. The molecule has 1 aromatic carbocycles. The number of rotatable bonds is 4. The molecule has 1 fully saturated rings. The molecule has 152 valence electrons. The number of hydrogen-bond donors (Lipinski definition) is 0. The third-order valence-corrected chi connectivity index (χ3v) is 6.70. The Kier molecular flexibility index (Phi) is 3.92. The molecular formula is C23H24N6O. The molecule has 0 spiro atoms. The summed E-state index contributed by atoms with van der Waals surface area (Å²) in [6, 6.07) is 13.2. The molecule has 2 aliphatic rings. The zero-order chi connectivity index (χ0) is 20.2. The molecule has 5 heterocycles. The van der Waals surface area contributed by atoms with Gasteiger partial charge >= 0.3 is 0 Å². The van der Waals surface area contributed by atoms with E-state index in [1.54, 1.807) is 7.11 Å². The Hall–Kier alpha value is -3.19. The van der Waals surface area contributed by atoms with E-state index in [4.69, 9.17) is 14.8 Å². The standard InChI is InChI=1S/C23H24N6O/c1-27-17(9-10-25-27)14-28-16-5-8-21(28)19-13-24-23-12-20(26-29(23)22(19)11-16)15-3-6-18(30-2)7-4-15/h3-4,6-7,9-10,12-13,16,21H,5,8,11,14H2,1-2H3. The lowest BCUT2D eigenvalue weighted by atomic mass is 9.99. The van der Waals surface area contributed by atoms with E-state index in [-0.39, 0.29) is 0 Å². The summed E-state index contributed by atoms with van der Waals surface area (Å²) in [5.74, 6) is 0.850. The first-order valence-corrected chi connectivity index (χ1v) is 10.5. The lowest BCUT2D eigenvalue weighted by Crippen LogP contribution is -2.38. The van der Waals surface area contributed by atoms with Crippen molar-refractivity contribution in [3.63, 3.8) is 0 Å². The van der Waals surface area contributed by atoms with Gasteiger partial charge in [-0.05, 0) is 43.2 Å². The maximum absolute atomic E-state index is 5.28. The van der Waals surface area contributed by atoms with Gasteiger partial charge < -0.3 is 4.74 Å². The van der Waals surface area contributed by atoms with E-state index in [2.05, 4.69) is 32.8 Å². The van der Waals surface area contributed by atoms with Gasteiger partial charge in [0.1, 0.15) is 5.75 Å². The predicted molar refractivity (Wildman–Crippen MR) is 113 cm³/mol. The molecular weight excluding hydrogens is 376 g/mol. The van der Waals surface area contributed by atoms with Crippen LogP contribution in [0.15, 0.2) is 48.8 Å². The lowest BCUT2D eigenvalue weighted by Gasteiger charge is -2.36. The van der Waals surface area contributed by atoms with Crippen LogP contribution in [0.5, 0.6) is 5.75 Å². The summed E-state index contributed by atoms with van der Waals surface area (Å²) < 4.78 is 9.32. The van der Waals surface area contributed by atoms with Crippen molar-refractivity contribution in [3.8, 4) is 17.0 Å². The first kappa shape index (κ1) is 17.7. The Morgan fingerprint density at radius 2 is 2.00 bits per heavy atom. The van der Waals surface area contributed by atoms with Crippen LogP contribution in [0.4, 0.5) is 0 Å². The Balaban J connectivity index is 1.38. The largest absolute Gasteiger partial charge is 0.497 e. The van der Waals surface area contributed by atoms with Crippen molar-refractivity contribution in [2.24, 2.45) is 7.05 Å². The van der Waals surface area contributed by atoms with Gasteiger partial charge in [-0.1, -0.05) is 0 Å². The molecule has 2 bridgehead atoms. The van der Waals surface area contributed by atoms with Crippen molar-refractivity contribution in [2.75, 3.05) is 7.11 Å². The fraction of sp³-hybridized carbons (Fsp3) is 0.348. The van der Waals surface area contributed by atoms with Gasteiger partial charge in [0.15, 0.2) is 5.65 Å². The van der Waals surface area contributed by atoms with Gasteiger partial charge in [0.05, 0.1) is 24.2 Å². The number of fused-ring (bicyclic) bond motifs is 6. The van der Waals surface area contributed by atoms with E-state index in [0.717, 1.165) is 35.6 Å². The maximum Gasteiger partial charge on any atom is 0.155 e. The number of aryl methyl sites for hydroxylation is 1. The second-order valence-electron chi connectivity index (χ2n) is 8.26. The van der Waals surface area contributed by atoms with Crippen LogP contribution in [0.1, 0.15) is 35.8 Å². The van der Waals surface area contributed by atoms with Gasteiger partial charge in [0.25, 0.3) is 0 Å². The molecule has 7 heteroatoms. The predicted octanol–water partition coefficient (Wildman–Crippen LogP) is 3.40. The van der Waals surface area contributed by atoms with Crippen LogP contribution in [0.25, 0.3) is 16.9 Å². The summed E-state index contributed by atoms with van der Waals surface area (Å²) in [4.78, 5) is 7.40. The van der Waals surface area contributed by atoms with Crippen LogP contribution in [0.2, 0.25) is 0 Å². The molecule has 30 heavy (non-hydrogen) atoms. The van der Waals surface area contributed by atoms with Crippen molar-refractivity contribution in [3.05, 3.63) is 65.7 Å². The Morgan fingerprint density at radius 1 is 1.13 bits per heavy atom. The highest BCUT2D eigenvalue weighted by Gasteiger charge is 2.41. The Bertz CT molecular complexity index is 1220. The van der Waals surface area contributed by atoms with E-state index in [1.165, 1.54) is 29.8 Å². The first-order chi connectivity index (χ1) is 14.7. The highest BCUT2D eigenvalue weighted by molar-refractivity contribution is 5.65. The third-order valence-electron chi connectivity index (χ3n) is 6.70. The fourth-order valence-electron chi connectivity index (χ4n) is 5.08. The third kappa shape index (κ3) is 2.65. The molecule has 2 unspecified atom stereocenters. The second-order valence-corrected chi connectivity index (χ2v) is 8.26. The van der Waals surface area contributed by atoms with Crippen LogP contribution in [0.3, 0.4) is 0 Å². The van der Waals surface area contributed by atoms with Crippen LogP contribution < -0.4 is 4.74 Å². The maximum atomic E-state index is 5.28. The zero-order valence-corrected chi connectivity index (χ0v) is 17.2. The summed E-state index contributed by atoms with van der Waals surface area (Å²) in [5.41, 5.74) is 6.83. The van der Waals surface area contributed by atoms with Gasteiger partial charge in [-0.15, -0.1) is 0 Å². The minimum atomic E-state index is 0.402. The molecule has 0 amide bonds. The number of methoxy groups -OCH3 is 1. The minimum absolute atomic E-state index is 0.402. The number of aromatic nitrogens is 5. The van der Waals surface area contributed by atoms with Gasteiger partial charge in [-0.25, -0.2) is 9.50 Å². The number of benzene rings is 1. The molecule has 3 aromatic heterocycles. The smallest absolute Gasteiger partial charge is 0.155 e. The molecule has 7 nitrogen and oxygen atoms in total. The molecule has 0 N–H and O–H groups in total. The molecule has 0 aliphatic carbocycles. The van der Waals surface area contributed by atoms with E-state index in [0.29, 0.717) is 12.1 Å². The summed E-state index contributed by atoms with van der Waals surface area (Å²) in [7, 11) is 3.70. The Labute approximate surface area is 174 Å². The lowest BCUT2D eigenvalue weighted by molar-refractivity contribution is 0.161. The summed E-state index contributed by atoms with van der Waals surface area (Å²) in [6.07, 6.45) is 7.35. The number of ether oxygens (including phenoxy) is 1. The van der Waals surface area contributed by atoms with Crippen molar-refractivity contribution in [1.29, 1.82) is 0 Å². The average Bonchev–Trinajstić information content (AvgIpc) is 3.46. The summed E-state index contributed by atoms with van der Waals surface area (Å²) in [5, 5.41) is 9.28. The van der Waals surface area contributed by atoms with E-state index >= 15 is 0 Å². The highest BCUT2D eigenvalue weighted by Crippen LogP contribution is 2.44.